The second-order valence-electron chi connectivity index (χ2n) is 4.07. The SMILES string of the molecule is CSc1ncc(Br)c(-c2c[nH]c3cc(F)c(F)cc23)n1. The first-order valence-electron chi connectivity index (χ1n) is 5.63. The zero-order valence-electron chi connectivity index (χ0n) is 10.2. The van der Waals surface area contributed by atoms with Crippen molar-refractivity contribution in [1.82, 2.24) is 15.0 Å². The van der Waals surface area contributed by atoms with Crippen LogP contribution in [0.25, 0.3) is 22.2 Å². The molecule has 0 radical (unpaired) electrons. The maximum Gasteiger partial charge on any atom is 0.187 e. The van der Waals surface area contributed by atoms with Crippen LogP contribution in [0.3, 0.4) is 0 Å². The van der Waals surface area contributed by atoms with Crippen molar-refractivity contribution in [1.29, 1.82) is 0 Å². The highest BCUT2D eigenvalue weighted by molar-refractivity contribution is 9.10. The number of aromatic amines is 1. The van der Waals surface area contributed by atoms with Crippen LogP contribution in [0, 0.1) is 11.6 Å². The largest absolute Gasteiger partial charge is 0.360 e. The van der Waals surface area contributed by atoms with E-state index in [2.05, 4.69) is 30.9 Å². The Bertz CT molecular complexity index is 804. The monoisotopic (exact) mass is 355 g/mol. The fourth-order valence-corrected chi connectivity index (χ4v) is 2.70. The summed E-state index contributed by atoms with van der Waals surface area (Å²) in [7, 11) is 0. The van der Waals surface area contributed by atoms with Crippen LogP contribution in [0.4, 0.5) is 8.78 Å². The standard InChI is InChI=1S/C13H8BrF2N3S/c1-20-13-18-5-8(14)12(19-13)7-4-17-11-3-10(16)9(15)2-6(7)11/h2-5,17H,1H3. The van der Waals surface area contributed by atoms with Crippen molar-refractivity contribution in [3.8, 4) is 11.3 Å². The third-order valence-corrected chi connectivity index (χ3v) is 4.02. The zero-order chi connectivity index (χ0) is 14.3. The second-order valence-corrected chi connectivity index (χ2v) is 5.70. The lowest BCUT2D eigenvalue weighted by molar-refractivity contribution is 0.511. The van der Waals surface area contributed by atoms with Gasteiger partial charge < -0.3 is 4.98 Å². The van der Waals surface area contributed by atoms with E-state index in [9.17, 15) is 8.78 Å². The van der Waals surface area contributed by atoms with Crippen LogP contribution in [0.2, 0.25) is 0 Å². The van der Waals surface area contributed by atoms with Gasteiger partial charge in [0.25, 0.3) is 0 Å². The summed E-state index contributed by atoms with van der Waals surface area (Å²) >= 11 is 4.80. The van der Waals surface area contributed by atoms with Gasteiger partial charge in [0.15, 0.2) is 16.8 Å². The van der Waals surface area contributed by atoms with Crippen LogP contribution in [-0.2, 0) is 0 Å². The van der Waals surface area contributed by atoms with E-state index in [1.165, 1.54) is 17.8 Å². The van der Waals surface area contributed by atoms with Crippen LogP contribution >= 0.6 is 27.7 Å². The molecule has 1 N–H and O–H groups in total. The van der Waals surface area contributed by atoms with E-state index in [4.69, 9.17) is 0 Å². The van der Waals surface area contributed by atoms with Gasteiger partial charge in [-0.3, -0.25) is 0 Å². The average Bonchev–Trinajstić information content (AvgIpc) is 2.83. The Hall–Kier alpha value is -1.47. The number of H-pyrrole nitrogens is 1. The van der Waals surface area contributed by atoms with Crippen LogP contribution < -0.4 is 0 Å². The Morgan fingerprint density at radius 3 is 2.75 bits per heavy atom. The third kappa shape index (κ3) is 2.20. The van der Waals surface area contributed by atoms with Gasteiger partial charge >= 0.3 is 0 Å². The molecule has 0 amide bonds. The van der Waals surface area contributed by atoms with Crippen molar-refractivity contribution < 1.29 is 8.78 Å². The number of fused-ring (bicyclic) bond motifs is 1. The van der Waals surface area contributed by atoms with E-state index in [1.807, 2.05) is 6.26 Å². The molecule has 3 aromatic rings. The zero-order valence-corrected chi connectivity index (χ0v) is 12.6. The van der Waals surface area contributed by atoms with Gasteiger partial charge in [-0.15, -0.1) is 0 Å². The molecule has 0 saturated heterocycles. The molecule has 3 rings (SSSR count). The predicted octanol–water partition coefficient (Wildman–Crippen LogP) is 4.39. The molecule has 102 valence electrons. The van der Waals surface area contributed by atoms with Crippen molar-refractivity contribution in [2.24, 2.45) is 0 Å². The first-order valence-corrected chi connectivity index (χ1v) is 7.65. The Morgan fingerprint density at radius 2 is 2.00 bits per heavy atom. The summed E-state index contributed by atoms with van der Waals surface area (Å²) < 4.78 is 27.4. The lowest BCUT2D eigenvalue weighted by Gasteiger charge is -2.04. The molecule has 0 atom stereocenters. The van der Waals surface area contributed by atoms with Gasteiger partial charge in [0, 0.05) is 34.9 Å². The summed E-state index contributed by atoms with van der Waals surface area (Å²) in [5, 5.41) is 1.19. The lowest BCUT2D eigenvalue weighted by Crippen LogP contribution is -1.91. The summed E-state index contributed by atoms with van der Waals surface area (Å²) in [6.07, 6.45) is 5.20. The molecule has 2 heterocycles. The first-order chi connectivity index (χ1) is 9.60. The fourth-order valence-electron chi connectivity index (χ4n) is 1.95. The van der Waals surface area contributed by atoms with Gasteiger partial charge in [-0.05, 0) is 28.3 Å². The minimum Gasteiger partial charge on any atom is -0.360 e. The molecule has 3 nitrogen and oxygen atoms in total. The summed E-state index contributed by atoms with van der Waals surface area (Å²) in [6, 6.07) is 2.31. The average molecular weight is 356 g/mol. The summed E-state index contributed by atoms with van der Waals surface area (Å²) in [4.78, 5) is 11.5. The van der Waals surface area contributed by atoms with E-state index >= 15 is 0 Å². The second kappa shape index (κ2) is 5.14. The van der Waals surface area contributed by atoms with Crippen molar-refractivity contribution >= 4 is 38.6 Å². The van der Waals surface area contributed by atoms with E-state index in [-0.39, 0.29) is 0 Å². The number of hydrogen-bond acceptors (Lipinski definition) is 3. The first kappa shape index (κ1) is 13.5. The van der Waals surface area contributed by atoms with Crippen LogP contribution in [-0.4, -0.2) is 21.2 Å². The quantitative estimate of drug-likeness (QED) is 0.547. The molecule has 7 heteroatoms. The Labute approximate surface area is 126 Å². The van der Waals surface area contributed by atoms with Crippen molar-refractivity contribution in [2.75, 3.05) is 6.26 Å². The number of thioether (sulfide) groups is 1. The molecular weight excluding hydrogens is 348 g/mol. The Balaban J connectivity index is 2.27. The van der Waals surface area contributed by atoms with Crippen LogP contribution in [0.1, 0.15) is 0 Å². The van der Waals surface area contributed by atoms with Crippen LogP contribution in [0.5, 0.6) is 0 Å². The molecular formula is C13H8BrF2N3S. The van der Waals surface area contributed by atoms with Gasteiger partial charge in [-0.2, -0.15) is 0 Å². The number of nitrogens with one attached hydrogen (secondary N) is 1. The number of halogens is 3. The van der Waals surface area contributed by atoms with Gasteiger partial charge in [-0.1, -0.05) is 11.8 Å². The van der Waals surface area contributed by atoms with Crippen molar-refractivity contribution in [2.45, 2.75) is 5.16 Å². The van der Waals surface area contributed by atoms with Gasteiger partial charge in [0.1, 0.15) is 0 Å². The van der Waals surface area contributed by atoms with E-state index in [0.717, 1.165) is 6.07 Å². The predicted molar refractivity (Wildman–Crippen MR) is 78.7 cm³/mol. The number of rotatable bonds is 2. The molecule has 0 unspecified atom stereocenters. The minimum atomic E-state index is -0.881. The van der Waals surface area contributed by atoms with Gasteiger partial charge in [0.05, 0.1) is 10.2 Å². The highest BCUT2D eigenvalue weighted by Gasteiger charge is 2.14. The smallest absolute Gasteiger partial charge is 0.187 e. The topological polar surface area (TPSA) is 41.6 Å². The molecule has 0 aliphatic carbocycles. The Kier molecular flexibility index (Phi) is 3.47. The summed E-state index contributed by atoms with van der Waals surface area (Å²) in [6.45, 7) is 0. The Morgan fingerprint density at radius 1 is 1.25 bits per heavy atom. The van der Waals surface area contributed by atoms with E-state index in [1.54, 1.807) is 12.4 Å². The van der Waals surface area contributed by atoms with E-state index in [0.29, 0.717) is 31.8 Å². The normalized spacial score (nSPS) is 11.2. The molecule has 0 aliphatic rings. The third-order valence-electron chi connectivity index (χ3n) is 2.88. The van der Waals surface area contributed by atoms with Crippen molar-refractivity contribution in [3.63, 3.8) is 0 Å². The number of benzene rings is 1. The van der Waals surface area contributed by atoms with Gasteiger partial charge in [0.2, 0.25) is 0 Å². The highest BCUT2D eigenvalue weighted by atomic mass is 79.9. The minimum absolute atomic E-state index is 0.523. The summed E-state index contributed by atoms with van der Waals surface area (Å²) in [5.74, 6) is -1.76. The number of nitrogens with zero attached hydrogens (tertiary/aromatic N) is 2. The molecule has 0 bridgehead atoms. The molecule has 0 fully saturated rings. The number of aromatic nitrogens is 3. The molecule has 20 heavy (non-hydrogen) atoms. The molecule has 0 saturated carbocycles. The van der Waals surface area contributed by atoms with E-state index < -0.39 is 11.6 Å². The highest BCUT2D eigenvalue weighted by Crippen LogP contribution is 2.33. The lowest BCUT2D eigenvalue weighted by atomic mass is 10.1. The molecule has 2 aromatic heterocycles. The summed E-state index contributed by atoms with van der Waals surface area (Å²) in [5.41, 5.74) is 1.86. The fraction of sp³-hybridized carbons (Fsp3) is 0.0769. The maximum atomic E-state index is 13.4. The molecule has 0 spiro atoms. The number of hydrogen-bond donors (Lipinski definition) is 1. The molecule has 1 aromatic carbocycles. The van der Waals surface area contributed by atoms with Gasteiger partial charge in [-0.25, -0.2) is 18.7 Å². The molecule has 0 aliphatic heterocycles. The maximum absolute atomic E-state index is 13.4. The van der Waals surface area contributed by atoms with Crippen molar-refractivity contribution in [3.05, 3.63) is 40.6 Å². The van der Waals surface area contributed by atoms with Crippen LogP contribution in [0.15, 0.2) is 34.2 Å².